The molecule has 0 spiro atoms. The summed E-state index contributed by atoms with van der Waals surface area (Å²) in [6, 6.07) is 1.90. The first kappa shape index (κ1) is 12.6. The van der Waals surface area contributed by atoms with E-state index in [4.69, 9.17) is 0 Å². The van der Waals surface area contributed by atoms with Gasteiger partial charge in [0.15, 0.2) is 4.96 Å². The molecular formula is C12H13N5S2. The number of nitrogens with one attached hydrogen (secondary N) is 1. The van der Waals surface area contributed by atoms with Crippen LogP contribution in [0.1, 0.15) is 12.6 Å². The van der Waals surface area contributed by atoms with Crippen molar-refractivity contribution in [3.05, 3.63) is 35.9 Å². The minimum atomic E-state index is 0.807. The molecule has 0 amide bonds. The molecule has 3 heterocycles. The van der Waals surface area contributed by atoms with Crippen molar-refractivity contribution in [1.29, 1.82) is 0 Å². The third kappa shape index (κ3) is 2.63. The maximum atomic E-state index is 4.66. The molecule has 0 unspecified atom stereocenters. The van der Waals surface area contributed by atoms with Gasteiger partial charge in [-0.3, -0.25) is 4.40 Å². The molecule has 3 rings (SSSR count). The quantitative estimate of drug-likeness (QED) is 0.732. The molecule has 5 nitrogen and oxygen atoms in total. The summed E-state index contributed by atoms with van der Waals surface area (Å²) >= 11 is 3.22. The van der Waals surface area contributed by atoms with Gasteiger partial charge in [-0.25, -0.2) is 15.0 Å². The number of imidazole rings is 1. The fourth-order valence-electron chi connectivity index (χ4n) is 1.74. The topological polar surface area (TPSA) is 55.1 Å². The second-order valence-electron chi connectivity index (χ2n) is 3.85. The van der Waals surface area contributed by atoms with Crippen LogP contribution in [0.5, 0.6) is 0 Å². The Morgan fingerprint density at radius 1 is 1.47 bits per heavy atom. The van der Waals surface area contributed by atoms with Gasteiger partial charge in [0.2, 0.25) is 0 Å². The van der Waals surface area contributed by atoms with Gasteiger partial charge in [-0.2, -0.15) is 0 Å². The van der Waals surface area contributed by atoms with Crippen LogP contribution in [0.15, 0.2) is 40.2 Å². The van der Waals surface area contributed by atoms with Gasteiger partial charge in [-0.1, -0.05) is 6.92 Å². The minimum absolute atomic E-state index is 0.807. The minimum Gasteiger partial charge on any atom is -0.311 e. The maximum Gasteiger partial charge on any atom is 0.194 e. The molecule has 1 N–H and O–H groups in total. The SMILES string of the molecule is CCNCc1c(Sc2ccncn2)nc2sccn12. The summed E-state index contributed by atoms with van der Waals surface area (Å²) in [4.78, 5) is 13.8. The lowest BCUT2D eigenvalue weighted by Gasteiger charge is -2.03. The monoisotopic (exact) mass is 291 g/mol. The molecule has 0 aromatic carbocycles. The van der Waals surface area contributed by atoms with Crippen LogP contribution >= 0.6 is 23.1 Å². The Balaban J connectivity index is 1.95. The Morgan fingerprint density at radius 3 is 3.21 bits per heavy atom. The van der Waals surface area contributed by atoms with Crippen LogP contribution in [0, 0.1) is 0 Å². The van der Waals surface area contributed by atoms with Crippen LogP contribution in [-0.4, -0.2) is 25.9 Å². The number of rotatable bonds is 5. The fraction of sp³-hybridized carbons (Fsp3) is 0.250. The van der Waals surface area contributed by atoms with Crippen molar-refractivity contribution in [2.24, 2.45) is 0 Å². The number of hydrogen-bond acceptors (Lipinski definition) is 6. The normalized spacial score (nSPS) is 11.2. The van der Waals surface area contributed by atoms with E-state index in [9.17, 15) is 0 Å². The number of fused-ring (bicyclic) bond motifs is 1. The Bertz CT molecular complexity index is 661. The summed E-state index contributed by atoms with van der Waals surface area (Å²) in [5, 5.41) is 7.33. The Morgan fingerprint density at radius 2 is 2.42 bits per heavy atom. The second kappa shape index (κ2) is 5.68. The van der Waals surface area contributed by atoms with E-state index in [0.717, 1.165) is 28.1 Å². The first-order valence-corrected chi connectivity index (χ1v) is 7.67. The van der Waals surface area contributed by atoms with Crippen molar-refractivity contribution in [3.8, 4) is 0 Å². The van der Waals surface area contributed by atoms with E-state index >= 15 is 0 Å². The van der Waals surface area contributed by atoms with Gasteiger partial charge < -0.3 is 5.32 Å². The third-order valence-corrected chi connectivity index (χ3v) is 4.35. The molecule has 0 saturated heterocycles. The summed E-state index contributed by atoms with van der Waals surface area (Å²) < 4.78 is 2.14. The van der Waals surface area contributed by atoms with Gasteiger partial charge in [-0.15, -0.1) is 11.3 Å². The summed E-state index contributed by atoms with van der Waals surface area (Å²) in [5.74, 6) is 0. The molecule has 3 aromatic heterocycles. The van der Waals surface area contributed by atoms with Crippen LogP contribution in [-0.2, 0) is 6.54 Å². The van der Waals surface area contributed by atoms with Crippen molar-refractivity contribution in [2.45, 2.75) is 23.5 Å². The highest BCUT2D eigenvalue weighted by atomic mass is 32.2. The van der Waals surface area contributed by atoms with Crippen molar-refractivity contribution < 1.29 is 0 Å². The molecule has 0 aliphatic heterocycles. The van der Waals surface area contributed by atoms with Gasteiger partial charge in [0.05, 0.1) is 5.69 Å². The first-order valence-electron chi connectivity index (χ1n) is 5.97. The lowest BCUT2D eigenvalue weighted by atomic mass is 10.4. The highest BCUT2D eigenvalue weighted by molar-refractivity contribution is 7.99. The molecule has 0 aliphatic carbocycles. The van der Waals surface area contributed by atoms with Crippen molar-refractivity contribution in [3.63, 3.8) is 0 Å². The van der Waals surface area contributed by atoms with E-state index in [1.807, 2.05) is 6.07 Å². The maximum absolute atomic E-state index is 4.66. The molecule has 7 heteroatoms. The number of hydrogen-bond donors (Lipinski definition) is 1. The zero-order chi connectivity index (χ0) is 13.1. The van der Waals surface area contributed by atoms with Gasteiger partial charge in [0, 0.05) is 24.3 Å². The summed E-state index contributed by atoms with van der Waals surface area (Å²) in [6.45, 7) is 3.85. The van der Waals surface area contributed by atoms with Gasteiger partial charge in [0.1, 0.15) is 16.4 Å². The zero-order valence-electron chi connectivity index (χ0n) is 10.4. The highest BCUT2D eigenvalue weighted by Crippen LogP contribution is 2.30. The smallest absolute Gasteiger partial charge is 0.194 e. The summed E-state index contributed by atoms with van der Waals surface area (Å²) in [5.41, 5.74) is 1.18. The summed E-state index contributed by atoms with van der Waals surface area (Å²) in [7, 11) is 0. The lowest BCUT2D eigenvalue weighted by molar-refractivity contribution is 0.694. The average molecular weight is 291 g/mol. The van der Waals surface area contributed by atoms with Crippen LogP contribution in [0.3, 0.4) is 0 Å². The Labute approximate surface area is 119 Å². The predicted molar refractivity (Wildman–Crippen MR) is 76.6 cm³/mol. The van der Waals surface area contributed by atoms with E-state index in [1.54, 1.807) is 35.6 Å². The predicted octanol–water partition coefficient (Wildman–Crippen LogP) is 2.45. The van der Waals surface area contributed by atoms with E-state index in [0.29, 0.717) is 0 Å². The van der Waals surface area contributed by atoms with Gasteiger partial charge in [0.25, 0.3) is 0 Å². The van der Waals surface area contributed by atoms with Gasteiger partial charge in [-0.05, 0) is 24.4 Å². The lowest BCUT2D eigenvalue weighted by Crippen LogP contribution is -2.13. The molecule has 0 radical (unpaired) electrons. The number of aromatic nitrogens is 4. The van der Waals surface area contributed by atoms with Crippen LogP contribution in [0.4, 0.5) is 0 Å². The molecule has 0 bridgehead atoms. The van der Waals surface area contributed by atoms with E-state index in [-0.39, 0.29) is 0 Å². The molecule has 0 aliphatic rings. The number of nitrogens with zero attached hydrogens (tertiary/aromatic N) is 4. The van der Waals surface area contributed by atoms with Crippen LogP contribution in [0.2, 0.25) is 0 Å². The van der Waals surface area contributed by atoms with Crippen molar-refractivity contribution in [2.75, 3.05) is 6.54 Å². The van der Waals surface area contributed by atoms with Crippen LogP contribution in [0.25, 0.3) is 4.96 Å². The average Bonchev–Trinajstić information content (AvgIpc) is 2.99. The van der Waals surface area contributed by atoms with Crippen molar-refractivity contribution in [1.82, 2.24) is 24.7 Å². The molecule has 98 valence electrons. The molecule has 3 aromatic rings. The third-order valence-electron chi connectivity index (χ3n) is 2.62. The largest absolute Gasteiger partial charge is 0.311 e. The standard InChI is InChI=1S/C12H13N5S2/c1-2-13-7-9-11(16-12-17(9)5-6-18-12)19-10-3-4-14-8-15-10/h3-6,8,13H,2,7H2,1H3. The van der Waals surface area contributed by atoms with Gasteiger partial charge >= 0.3 is 0 Å². The highest BCUT2D eigenvalue weighted by Gasteiger charge is 2.14. The Hall–Kier alpha value is -1.44. The molecular weight excluding hydrogens is 278 g/mol. The fourth-order valence-corrected chi connectivity index (χ4v) is 3.37. The van der Waals surface area contributed by atoms with E-state index < -0.39 is 0 Å². The molecule has 0 fully saturated rings. The molecule has 19 heavy (non-hydrogen) atoms. The number of thiazole rings is 1. The molecule has 0 atom stereocenters. The first-order chi connectivity index (χ1) is 9.38. The zero-order valence-corrected chi connectivity index (χ0v) is 12.0. The second-order valence-corrected chi connectivity index (χ2v) is 5.73. The van der Waals surface area contributed by atoms with Crippen molar-refractivity contribution >= 4 is 28.1 Å². The van der Waals surface area contributed by atoms with E-state index in [1.165, 1.54) is 5.69 Å². The Kier molecular flexibility index (Phi) is 3.77. The summed E-state index contributed by atoms with van der Waals surface area (Å²) in [6.07, 6.45) is 5.37. The van der Waals surface area contributed by atoms with Crippen LogP contribution < -0.4 is 5.32 Å². The molecule has 0 saturated carbocycles. The van der Waals surface area contributed by atoms with E-state index in [2.05, 4.69) is 43.2 Å².